The number of nitrogens with one attached hydrogen (secondary N) is 1. The number of hydrogen-bond acceptors (Lipinski definition) is 3. The van der Waals surface area contributed by atoms with E-state index in [4.69, 9.17) is 0 Å². The maximum absolute atomic E-state index is 12.8. The molecule has 0 unspecified atom stereocenters. The lowest BCUT2D eigenvalue weighted by Crippen LogP contribution is -2.39. The first-order chi connectivity index (χ1) is 11.1. The van der Waals surface area contributed by atoms with Crippen LogP contribution in [0.1, 0.15) is 15.9 Å². The largest absolute Gasteiger partial charge is 0.313 e. The van der Waals surface area contributed by atoms with Gasteiger partial charge < -0.3 is 0 Å². The van der Waals surface area contributed by atoms with Crippen molar-refractivity contribution in [2.45, 2.75) is 0 Å². The van der Waals surface area contributed by atoms with E-state index in [1.165, 1.54) is 7.05 Å². The topological polar surface area (TPSA) is 71.9 Å². The molecular weight excluding hydrogens is 292 g/mol. The Morgan fingerprint density at radius 1 is 0.913 bits per heavy atom. The van der Waals surface area contributed by atoms with E-state index in [-0.39, 0.29) is 5.56 Å². The summed E-state index contributed by atoms with van der Waals surface area (Å²) in [6.45, 7) is 0. The molecule has 3 aromatic rings. The van der Waals surface area contributed by atoms with Gasteiger partial charge in [0, 0.05) is 18.2 Å². The Morgan fingerprint density at radius 2 is 1.48 bits per heavy atom. The van der Waals surface area contributed by atoms with E-state index >= 15 is 0 Å². The zero-order valence-corrected chi connectivity index (χ0v) is 12.4. The van der Waals surface area contributed by atoms with Crippen molar-refractivity contribution < 1.29 is 4.79 Å². The quantitative estimate of drug-likeness (QED) is 0.594. The SMILES string of the molecule is Cn1[nH]c(-c2ccccc2)c(C(=O)c2ccccc2)c(=O)c1=O. The molecule has 5 heteroatoms. The summed E-state index contributed by atoms with van der Waals surface area (Å²) in [7, 11) is 1.45. The van der Waals surface area contributed by atoms with Gasteiger partial charge in [-0.05, 0) is 0 Å². The van der Waals surface area contributed by atoms with E-state index in [0.29, 0.717) is 16.8 Å². The molecule has 0 radical (unpaired) electrons. The van der Waals surface area contributed by atoms with E-state index in [0.717, 1.165) is 4.68 Å². The van der Waals surface area contributed by atoms with Crippen molar-refractivity contribution in [2.24, 2.45) is 7.05 Å². The number of aryl methyl sites for hydroxylation is 1. The smallest absolute Gasteiger partial charge is 0.294 e. The lowest BCUT2D eigenvalue weighted by molar-refractivity contribution is 0.103. The third-order valence-corrected chi connectivity index (χ3v) is 3.58. The van der Waals surface area contributed by atoms with Crippen LogP contribution >= 0.6 is 0 Å². The first-order valence-electron chi connectivity index (χ1n) is 7.08. The van der Waals surface area contributed by atoms with Crippen LogP contribution in [0.4, 0.5) is 0 Å². The predicted molar refractivity (Wildman–Crippen MR) is 87.6 cm³/mol. The number of rotatable bonds is 3. The Labute approximate surface area is 131 Å². The Kier molecular flexibility index (Phi) is 3.76. The van der Waals surface area contributed by atoms with Crippen LogP contribution in [0.3, 0.4) is 0 Å². The molecule has 0 amide bonds. The molecule has 0 spiro atoms. The van der Waals surface area contributed by atoms with Crippen LogP contribution in [-0.4, -0.2) is 15.6 Å². The number of hydrogen-bond donors (Lipinski definition) is 1. The maximum Gasteiger partial charge on any atom is 0.313 e. The van der Waals surface area contributed by atoms with Gasteiger partial charge in [-0.3, -0.25) is 24.2 Å². The minimum atomic E-state index is -0.807. The highest BCUT2D eigenvalue weighted by atomic mass is 16.2. The first-order valence-corrected chi connectivity index (χ1v) is 7.08. The van der Waals surface area contributed by atoms with Gasteiger partial charge in [0.15, 0.2) is 5.78 Å². The zero-order chi connectivity index (χ0) is 16.4. The van der Waals surface area contributed by atoms with Crippen molar-refractivity contribution in [3.8, 4) is 11.3 Å². The predicted octanol–water partition coefficient (Wildman–Crippen LogP) is 1.97. The van der Waals surface area contributed by atoms with Gasteiger partial charge in [-0.25, -0.2) is 0 Å². The third-order valence-electron chi connectivity index (χ3n) is 3.58. The van der Waals surface area contributed by atoms with Crippen LogP contribution in [0.25, 0.3) is 11.3 Å². The maximum atomic E-state index is 12.8. The fourth-order valence-corrected chi connectivity index (χ4v) is 2.41. The van der Waals surface area contributed by atoms with E-state index in [1.807, 2.05) is 6.07 Å². The van der Waals surface area contributed by atoms with Crippen LogP contribution in [0.15, 0.2) is 70.3 Å². The normalized spacial score (nSPS) is 10.5. The molecule has 23 heavy (non-hydrogen) atoms. The van der Waals surface area contributed by atoms with Crippen molar-refractivity contribution in [1.29, 1.82) is 0 Å². The van der Waals surface area contributed by atoms with Gasteiger partial charge in [0.2, 0.25) is 0 Å². The number of ketones is 1. The van der Waals surface area contributed by atoms with E-state index in [9.17, 15) is 14.4 Å². The second-order valence-electron chi connectivity index (χ2n) is 5.12. The molecule has 3 rings (SSSR count). The fraction of sp³-hybridized carbons (Fsp3) is 0.0556. The summed E-state index contributed by atoms with van der Waals surface area (Å²) >= 11 is 0. The number of benzene rings is 2. The summed E-state index contributed by atoms with van der Waals surface area (Å²) in [5, 5.41) is 2.84. The van der Waals surface area contributed by atoms with Gasteiger partial charge in [-0.1, -0.05) is 60.7 Å². The summed E-state index contributed by atoms with van der Waals surface area (Å²) in [4.78, 5) is 37.2. The summed E-state index contributed by atoms with van der Waals surface area (Å²) in [6.07, 6.45) is 0. The minimum absolute atomic E-state index is 0.134. The van der Waals surface area contributed by atoms with Crippen LogP contribution in [-0.2, 0) is 7.05 Å². The van der Waals surface area contributed by atoms with Crippen LogP contribution < -0.4 is 11.0 Å². The molecule has 0 saturated carbocycles. The van der Waals surface area contributed by atoms with Crippen LogP contribution in [0, 0.1) is 0 Å². The molecule has 0 aliphatic carbocycles. The van der Waals surface area contributed by atoms with E-state index < -0.39 is 16.8 Å². The van der Waals surface area contributed by atoms with Gasteiger partial charge in [-0.15, -0.1) is 0 Å². The van der Waals surface area contributed by atoms with Crippen molar-refractivity contribution in [1.82, 2.24) is 9.78 Å². The third kappa shape index (κ3) is 2.64. The number of aromatic amines is 1. The summed E-state index contributed by atoms with van der Waals surface area (Å²) in [5.74, 6) is -0.469. The highest BCUT2D eigenvalue weighted by Crippen LogP contribution is 2.20. The molecule has 1 N–H and O–H groups in total. The summed E-state index contributed by atoms with van der Waals surface area (Å²) in [5.41, 5.74) is -0.331. The van der Waals surface area contributed by atoms with E-state index in [2.05, 4.69) is 5.10 Å². The van der Waals surface area contributed by atoms with Gasteiger partial charge in [0.1, 0.15) is 5.56 Å². The molecule has 0 aliphatic rings. The highest BCUT2D eigenvalue weighted by molar-refractivity contribution is 6.12. The Bertz CT molecular complexity index is 971. The standard InChI is InChI=1S/C18H14N2O3/c1-20-18(23)17(22)14(16(21)13-10-6-3-7-11-13)15(19-20)12-8-4-2-5-9-12/h2-11,19H,1H3. The molecule has 1 heterocycles. The molecule has 0 aliphatic heterocycles. The average Bonchev–Trinajstić information content (AvgIpc) is 2.60. The Balaban J connectivity index is 2.31. The van der Waals surface area contributed by atoms with Gasteiger partial charge in [-0.2, -0.15) is 0 Å². The van der Waals surface area contributed by atoms with Gasteiger partial charge in [0.25, 0.3) is 5.43 Å². The van der Waals surface area contributed by atoms with Crippen LogP contribution in [0.2, 0.25) is 0 Å². The molecular formula is C18H14N2O3. The monoisotopic (exact) mass is 306 g/mol. The molecule has 2 aromatic carbocycles. The Morgan fingerprint density at radius 3 is 2.09 bits per heavy atom. The molecule has 5 nitrogen and oxygen atoms in total. The molecule has 0 bridgehead atoms. The average molecular weight is 306 g/mol. The van der Waals surface area contributed by atoms with Crippen molar-refractivity contribution in [3.05, 3.63) is 92.4 Å². The minimum Gasteiger partial charge on any atom is -0.294 e. The zero-order valence-electron chi connectivity index (χ0n) is 12.4. The molecule has 114 valence electrons. The number of nitrogens with zero attached hydrogens (tertiary/aromatic N) is 1. The van der Waals surface area contributed by atoms with Crippen LogP contribution in [0.5, 0.6) is 0 Å². The summed E-state index contributed by atoms with van der Waals surface area (Å²) in [6, 6.07) is 17.4. The van der Waals surface area contributed by atoms with Crippen molar-refractivity contribution in [3.63, 3.8) is 0 Å². The Hall–Kier alpha value is -3.21. The summed E-state index contributed by atoms with van der Waals surface area (Å²) < 4.78 is 1.09. The lowest BCUT2D eigenvalue weighted by Gasteiger charge is -2.10. The molecule has 0 atom stereocenters. The molecule has 1 aromatic heterocycles. The van der Waals surface area contributed by atoms with Gasteiger partial charge >= 0.3 is 5.56 Å². The number of aromatic nitrogens is 2. The highest BCUT2D eigenvalue weighted by Gasteiger charge is 2.21. The molecule has 0 saturated heterocycles. The fourth-order valence-electron chi connectivity index (χ4n) is 2.41. The second kappa shape index (κ2) is 5.88. The van der Waals surface area contributed by atoms with Gasteiger partial charge in [0.05, 0.1) is 5.69 Å². The lowest BCUT2D eigenvalue weighted by atomic mass is 9.98. The van der Waals surface area contributed by atoms with E-state index in [1.54, 1.807) is 54.6 Å². The van der Waals surface area contributed by atoms with Crippen molar-refractivity contribution in [2.75, 3.05) is 0 Å². The van der Waals surface area contributed by atoms with Crippen molar-refractivity contribution >= 4 is 5.78 Å². The number of carbonyl (C=O) groups is 1. The second-order valence-corrected chi connectivity index (χ2v) is 5.12. The number of carbonyl (C=O) groups excluding carboxylic acids is 1. The molecule has 0 fully saturated rings. The number of H-pyrrole nitrogens is 1. The first kappa shape index (κ1) is 14.7.